The summed E-state index contributed by atoms with van der Waals surface area (Å²) in [6.45, 7) is 2.62. The molecule has 0 atom stereocenters. The molecule has 0 saturated heterocycles. The summed E-state index contributed by atoms with van der Waals surface area (Å²) in [5.74, 6) is -0.366. The third-order valence-electron chi connectivity index (χ3n) is 3.64. The minimum atomic E-state index is -0.641. The molecule has 2 N–H and O–H groups in total. The van der Waals surface area contributed by atoms with E-state index in [0.29, 0.717) is 25.3 Å². The fraction of sp³-hybridized carbons (Fsp3) is 0.533. The lowest BCUT2D eigenvalue weighted by atomic mass is 9.94. The van der Waals surface area contributed by atoms with Crippen LogP contribution in [0.4, 0.5) is 4.39 Å². The Balaban J connectivity index is 0.00000220. The molecule has 0 spiro atoms. The quantitative estimate of drug-likeness (QED) is 0.717. The van der Waals surface area contributed by atoms with Crippen molar-refractivity contribution in [3.63, 3.8) is 0 Å². The van der Waals surface area contributed by atoms with E-state index in [-0.39, 0.29) is 24.1 Å². The third kappa shape index (κ3) is 4.40. The van der Waals surface area contributed by atoms with Crippen LogP contribution in [0.5, 0.6) is 0 Å². The van der Waals surface area contributed by atoms with Gasteiger partial charge >= 0.3 is 0 Å². The number of methoxy groups -OCH3 is 1. The minimum absolute atomic E-state index is 0. The average Bonchev–Trinajstić information content (AvgIpc) is 3.24. The normalized spacial score (nSPS) is 15.1. The number of nitrogens with one attached hydrogen (secondary N) is 2. The summed E-state index contributed by atoms with van der Waals surface area (Å²) in [4.78, 5) is 12.2. The summed E-state index contributed by atoms with van der Waals surface area (Å²) >= 11 is 0. The van der Waals surface area contributed by atoms with Gasteiger partial charge in [0.1, 0.15) is 5.82 Å². The van der Waals surface area contributed by atoms with Crippen LogP contribution in [0, 0.1) is 5.82 Å². The fourth-order valence-corrected chi connectivity index (χ4v) is 2.33. The first-order valence-electron chi connectivity index (χ1n) is 6.94. The van der Waals surface area contributed by atoms with Crippen molar-refractivity contribution in [1.29, 1.82) is 0 Å². The van der Waals surface area contributed by atoms with Crippen LogP contribution in [0.1, 0.15) is 18.4 Å². The van der Waals surface area contributed by atoms with Gasteiger partial charge in [-0.05, 0) is 18.9 Å². The second kappa shape index (κ2) is 8.32. The Morgan fingerprint density at radius 1 is 1.29 bits per heavy atom. The van der Waals surface area contributed by atoms with E-state index in [1.54, 1.807) is 25.3 Å². The monoisotopic (exact) mass is 316 g/mol. The summed E-state index contributed by atoms with van der Waals surface area (Å²) < 4.78 is 18.7. The van der Waals surface area contributed by atoms with E-state index in [2.05, 4.69) is 10.6 Å². The van der Waals surface area contributed by atoms with Gasteiger partial charge in [-0.15, -0.1) is 12.4 Å². The SMILES string of the molecule is COCCNCCNC(=O)C1(c2ccccc2F)CC1.Cl. The summed E-state index contributed by atoms with van der Waals surface area (Å²) in [7, 11) is 1.65. The van der Waals surface area contributed by atoms with Crippen LogP contribution in [0.25, 0.3) is 0 Å². The van der Waals surface area contributed by atoms with E-state index in [0.717, 1.165) is 19.4 Å². The molecule has 1 aliphatic rings. The topological polar surface area (TPSA) is 50.4 Å². The molecule has 6 heteroatoms. The van der Waals surface area contributed by atoms with E-state index in [1.807, 2.05) is 0 Å². The number of carbonyl (C=O) groups excluding carboxylic acids is 1. The van der Waals surface area contributed by atoms with Crippen LogP contribution in [0.15, 0.2) is 24.3 Å². The van der Waals surface area contributed by atoms with Gasteiger partial charge in [-0.25, -0.2) is 4.39 Å². The van der Waals surface area contributed by atoms with Crippen molar-refractivity contribution in [3.8, 4) is 0 Å². The molecular weight excluding hydrogens is 295 g/mol. The Morgan fingerprint density at radius 3 is 2.62 bits per heavy atom. The van der Waals surface area contributed by atoms with Gasteiger partial charge in [0.25, 0.3) is 0 Å². The zero-order valence-corrected chi connectivity index (χ0v) is 13.0. The number of halogens is 2. The molecule has 0 heterocycles. The smallest absolute Gasteiger partial charge is 0.230 e. The number of hydrogen-bond acceptors (Lipinski definition) is 3. The van der Waals surface area contributed by atoms with Gasteiger partial charge in [0.05, 0.1) is 12.0 Å². The Hall–Kier alpha value is -1.17. The molecule has 21 heavy (non-hydrogen) atoms. The van der Waals surface area contributed by atoms with E-state index in [4.69, 9.17) is 4.74 Å². The van der Waals surface area contributed by atoms with Crippen LogP contribution in [0.3, 0.4) is 0 Å². The van der Waals surface area contributed by atoms with Crippen molar-refractivity contribution in [2.24, 2.45) is 0 Å². The Kier molecular flexibility index (Phi) is 7.08. The van der Waals surface area contributed by atoms with Gasteiger partial charge in [-0.1, -0.05) is 18.2 Å². The molecule has 0 unspecified atom stereocenters. The highest BCUT2D eigenvalue weighted by Crippen LogP contribution is 2.49. The van der Waals surface area contributed by atoms with Gasteiger partial charge in [-0.2, -0.15) is 0 Å². The molecule has 0 aromatic heterocycles. The average molecular weight is 317 g/mol. The first-order valence-corrected chi connectivity index (χ1v) is 6.94. The van der Waals surface area contributed by atoms with Crippen molar-refractivity contribution in [1.82, 2.24) is 10.6 Å². The highest BCUT2D eigenvalue weighted by molar-refractivity contribution is 5.91. The molecular formula is C15H22ClFN2O2. The van der Waals surface area contributed by atoms with Gasteiger partial charge in [0, 0.05) is 32.3 Å². The number of rotatable bonds is 8. The van der Waals surface area contributed by atoms with Crippen LogP contribution in [-0.4, -0.2) is 39.3 Å². The predicted octanol–water partition coefficient (Wildman–Crippen LogP) is 1.63. The number of carbonyl (C=O) groups is 1. The Bertz CT molecular complexity index is 467. The van der Waals surface area contributed by atoms with Crippen LogP contribution >= 0.6 is 12.4 Å². The van der Waals surface area contributed by atoms with E-state index < -0.39 is 5.41 Å². The Labute approximate surface area is 130 Å². The summed E-state index contributed by atoms with van der Waals surface area (Å²) in [6, 6.07) is 6.54. The second-order valence-corrected chi connectivity index (χ2v) is 5.06. The van der Waals surface area contributed by atoms with Crippen molar-refractivity contribution in [2.45, 2.75) is 18.3 Å². The Morgan fingerprint density at radius 2 is 2.00 bits per heavy atom. The maximum absolute atomic E-state index is 13.8. The summed E-state index contributed by atoms with van der Waals surface area (Å²) in [6.07, 6.45) is 1.44. The van der Waals surface area contributed by atoms with Crippen molar-refractivity contribution >= 4 is 18.3 Å². The van der Waals surface area contributed by atoms with Gasteiger partial charge in [-0.3, -0.25) is 4.79 Å². The fourth-order valence-electron chi connectivity index (χ4n) is 2.33. The van der Waals surface area contributed by atoms with Crippen molar-refractivity contribution in [2.75, 3.05) is 33.4 Å². The van der Waals surface area contributed by atoms with E-state index in [9.17, 15) is 9.18 Å². The van der Waals surface area contributed by atoms with Crippen molar-refractivity contribution in [3.05, 3.63) is 35.6 Å². The summed E-state index contributed by atoms with van der Waals surface area (Å²) in [5.41, 5.74) is -0.123. The lowest BCUT2D eigenvalue weighted by Crippen LogP contribution is -2.39. The molecule has 4 nitrogen and oxygen atoms in total. The molecule has 2 rings (SSSR count). The zero-order chi connectivity index (χ0) is 14.4. The lowest BCUT2D eigenvalue weighted by molar-refractivity contribution is -0.123. The van der Waals surface area contributed by atoms with E-state index in [1.165, 1.54) is 6.07 Å². The van der Waals surface area contributed by atoms with Crippen LogP contribution in [0.2, 0.25) is 0 Å². The van der Waals surface area contributed by atoms with Gasteiger partial charge < -0.3 is 15.4 Å². The number of amides is 1. The molecule has 1 saturated carbocycles. The highest BCUT2D eigenvalue weighted by Gasteiger charge is 2.52. The first-order chi connectivity index (χ1) is 9.70. The molecule has 0 bridgehead atoms. The molecule has 1 amide bonds. The molecule has 1 aromatic rings. The van der Waals surface area contributed by atoms with Gasteiger partial charge in [0.2, 0.25) is 5.91 Å². The highest BCUT2D eigenvalue weighted by atomic mass is 35.5. The first kappa shape index (κ1) is 17.9. The predicted molar refractivity (Wildman–Crippen MR) is 82.3 cm³/mol. The number of benzene rings is 1. The van der Waals surface area contributed by atoms with Crippen LogP contribution < -0.4 is 10.6 Å². The molecule has 0 aliphatic heterocycles. The molecule has 118 valence electrons. The van der Waals surface area contributed by atoms with Crippen molar-refractivity contribution < 1.29 is 13.9 Å². The zero-order valence-electron chi connectivity index (χ0n) is 12.2. The maximum atomic E-state index is 13.8. The standard InChI is InChI=1S/C15H21FN2O2.ClH/c1-20-11-10-17-8-9-18-14(19)15(6-7-15)12-4-2-3-5-13(12)16;/h2-5,17H,6-11H2,1H3,(H,18,19);1H. The second-order valence-electron chi connectivity index (χ2n) is 5.06. The van der Waals surface area contributed by atoms with Gasteiger partial charge in [0.15, 0.2) is 0 Å². The molecule has 1 fully saturated rings. The third-order valence-corrected chi connectivity index (χ3v) is 3.64. The van der Waals surface area contributed by atoms with E-state index >= 15 is 0 Å². The lowest BCUT2D eigenvalue weighted by Gasteiger charge is -2.16. The van der Waals surface area contributed by atoms with Crippen LogP contribution in [-0.2, 0) is 14.9 Å². The minimum Gasteiger partial charge on any atom is -0.383 e. The molecule has 1 aliphatic carbocycles. The number of hydrogen-bond donors (Lipinski definition) is 2. The maximum Gasteiger partial charge on any atom is 0.230 e. The number of ether oxygens (including phenoxy) is 1. The largest absolute Gasteiger partial charge is 0.383 e. The molecule has 1 aromatic carbocycles. The molecule has 0 radical (unpaired) electrons. The summed E-state index contributed by atoms with van der Waals surface area (Å²) in [5, 5.41) is 6.03.